The highest BCUT2D eigenvalue weighted by Crippen LogP contribution is 2.34. The molecule has 0 aliphatic carbocycles. The molecule has 0 spiro atoms. The standard InChI is InChI=1S/C30H26F2N4O4S2/c1-4-41(3,37)23-9-5-18(6-10-23)24-14-20-13-19(7-11-26(20)35-29(24)33)21-15-27(30(40-2)34-17-21)36-42(38,39)28-12-8-22(31)16-25(28)32/h5-17,36H,3-4H2,1-2H3,(H2,33,35). The number of hydrogen-bond donors (Lipinski definition) is 2. The van der Waals surface area contributed by atoms with Crippen LogP contribution in [0.2, 0.25) is 0 Å². The van der Waals surface area contributed by atoms with Crippen LogP contribution in [0.15, 0.2) is 88.8 Å². The first-order chi connectivity index (χ1) is 19.9. The van der Waals surface area contributed by atoms with E-state index in [2.05, 4.69) is 20.6 Å². The van der Waals surface area contributed by atoms with Crippen molar-refractivity contribution in [1.29, 1.82) is 0 Å². The van der Waals surface area contributed by atoms with Crippen molar-refractivity contribution in [2.45, 2.75) is 16.7 Å². The Kier molecular flexibility index (Phi) is 7.60. The predicted molar refractivity (Wildman–Crippen MR) is 163 cm³/mol. The number of pyridine rings is 2. The van der Waals surface area contributed by atoms with Crippen molar-refractivity contribution >= 4 is 47.8 Å². The first-order valence-corrected chi connectivity index (χ1v) is 16.0. The highest BCUT2D eigenvalue weighted by Gasteiger charge is 2.22. The average Bonchev–Trinajstić information content (AvgIpc) is 2.96. The Balaban J connectivity index is 1.53. The van der Waals surface area contributed by atoms with Crippen LogP contribution >= 0.6 is 0 Å². The summed E-state index contributed by atoms with van der Waals surface area (Å²) in [4.78, 5) is 8.68. The van der Waals surface area contributed by atoms with E-state index in [-0.39, 0.29) is 11.6 Å². The van der Waals surface area contributed by atoms with Gasteiger partial charge in [-0.25, -0.2) is 27.2 Å². The molecule has 3 N–H and O–H groups in total. The van der Waals surface area contributed by atoms with Crippen LogP contribution in [0.3, 0.4) is 0 Å². The second kappa shape index (κ2) is 11.0. The maximum Gasteiger partial charge on any atom is 0.264 e. The average molecular weight is 609 g/mol. The molecule has 0 saturated heterocycles. The van der Waals surface area contributed by atoms with Crippen LogP contribution in [-0.2, 0) is 19.5 Å². The number of aromatic nitrogens is 2. The third-order valence-corrected chi connectivity index (χ3v) is 10.2. The maximum atomic E-state index is 14.3. The fourth-order valence-electron chi connectivity index (χ4n) is 4.39. The molecule has 42 heavy (non-hydrogen) atoms. The van der Waals surface area contributed by atoms with E-state index in [0.717, 1.165) is 23.1 Å². The summed E-state index contributed by atoms with van der Waals surface area (Å²) >= 11 is 0. The molecule has 0 aliphatic rings. The van der Waals surface area contributed by atoms with Crippen molar-refractivity contribution in [1.82, 2.24) is 9.97 Å². The number of nitrogens with one attached hydrogen (secondary N) is 1. The van der Waals surface area contributed by atoms with Crippen LogP contribution in [-0.4, -0.2) is 41.3 Å². The van der Waals surface area contributed by atoms with Crippen LogP contribution in [0.4, 0.5) is 20.3 Å². The molecule has 0 amide bonds. The third kappa shape index (κ3) is 5.63. The van der Waals surface area contributed by atoms with Gasteiger partial charge in [0.15, 0.2) is 0 Å². The van der Waals surface area contributed by atoms with Gasteiger partial charge in [-0.15, -0.1) is 0 Å². The number of fused-ring (bicyclic) bond motifs is 1. The number of nitrogen functional groups attached to an aromatic ring is 1. The van der Waals surface area contributed by atoms with Crippen molar-refractivity contribution in [2.24, 2.45) is 0 Å². The zero-order valence-electron chi connectivity index (χ0n) is 22.6. The van der Waals surface area contributed by atoms with E-state index in [1.807, 2.05) is 31.2 Å². The maximum absolute atomic E-state index is 14.3. The number of hydrogen-bond acceptors (Lipinski definition) is 7. The highest BCUT2D eigenvalue weighted by atomic mass is 32.2. The van der Waals surface area contributed by atoms with Gasteiger partial charge in [0.05, 0.1) is 12.6 Å². The summed E-state index contributed by atoms with van der Waals surface area (Å²) in [6.07, 6.45) is 1.50. The SMILES string of the molecule is C=S(=O)(CC)c1ccc(-c2cc3cc(-c4cnc(OC)c(NS(=O)(=O)c5ccc(F)cc5F)c4)ccc3nc2N)cc1. The van der Waals surface area contributed by atoms with Gasteiger partial charge in [-0.3, -0.25) is 8.93 Å². The predicted octanol–water partition coefficient (Wildman–Crippen LogP) is 5.73. The number of benzene rings is 3. The molecule has 8 nitrogen and oxygen atoms in total. The summed E-state index contributed by atoms with van der Waals surface area (Å²) in [7, 11) is -5.48. The van der Waals surface area contributed by atoms with Crippen LogP contribution in [0, 0.1) is 11.6 Å². The third-order valence-electron chi connectivity index (χ3n) is 6.71. The first-order valence-electron chi connectivity index (χ1n) is 12.6. The van der Waals surface area contributed by atoms with E-state index < -0.39 is 36.1 Å². The monoisotopic (exact) mass is 608 g/mol. The number of nitrogens with zero attached hydrogens (tertiary/aromatic N) is 2. The zero-order chi connectivity index (χ0) is 30.2. The van der Waals surface area contributed by atoms with E-state index in [1.165, 1.54) is 19.4 Å². The molecular formula is C30H26F2N4O4S2. The number of ether oxygens (including phenoxy) is 1. The lowest BCUT2D eigenvalue weighted by Crippen LogP contribution is -2.15. The van der Waals surface area contributed by atoms with Crippen molar-refractivity contribution in [3.8, 4) is 28.1 Å². The van der Waals surface area contributed by atoms with E-state index >= 15 is 0 Å². The summed E-state index contributed by atoms with van der Waals surface area (Å²) in [6, 6.07) is 18.2. The van der Waals surface area contributed by atoms with Crippen LogP contribution in [0.1, 0.15) is 6.92 Å². The minimum atomic E-state index is -4.44. The molecule has 2 heterocycles. The van der Waals surface area contributed by atoms with Crippen molar-refractivity contribution in [2.75, 3.05) is 23.3 Å². The normalized spacial score (nSPS) is 13.0. The summed E-state index contributed by atoms with van der Waals surface area (Å²) in [6.45, 7) is 1.83. The molecule has 0 aliphatic heterocycles. The number of halogens is 2. The molecule has 0 saturated carbocycles. The molecule has 1 unspecified atom stereocenters. The largest absolute Gasteiger partial charge is 0.480 e. The Morgan fingerprint density at radius 3 is 2.31 bits per heavy atom. The van der Waals surface area contributed by atoms with Crippen LogP contribution in [0.5, 0.6) is 5.88 Å². The Hall–Kier alpha value is -4.55. The number of sulfonamides is 1. The molecule has 0 radical (unpaired) electrons. The molecule has 5 aromatic rings. The fraction of sp³-hybridized carbons (Fsp3) is 0.100. The Morgan fingerprint density at radius 2 is 1.64 bits per heavy atom. The molecule has 1 atom stereocenters. The second-order valence-electron chi connectivity index (χ2n) is 9.41. The summed E-state index contributed by atoms with van der Waals surface area (Å²) in [5.74, 6) is 2.40. The Morgan fingerprint density at radius 1 is 0.929 bits per heavy atom. The summed E-state index contributed by atoms with van der Waals surface area (Å²) in [5.41, 5.74) is 9.56. The van der Waals surface area contributed by atoms with Crippen molar-refractivity contribution in [3.05, 3.63) is 90.6 Å². The molecule has 12 heteroatoms. The van der Waals surface area contributed by atoms with Gasteiger partial charge in [0, 0.05) is 39.4 Å². The van der Waals surface area contributed by atoms with Gasteiger partial charge in [-0.1, -0.05) is 25.1 Å². The van der Waals surface area contributed by atoms with Crippen LogP contribution in [0.25, 0.3) is 33.2 Å². The van der Waals surface area contributed by atoms with Gasteiger partial charge in [0.1, 0.15) is 28.0 Å². The molecule has 2 aromatic heterocycles. The number of anilines is 2. The smallest absolute Gasteiger partial charge is 0.264 e. The fourth-order valence-corrected chi connectivity index (χ4v) is 6.46. The lowest BCUT2D eigenvalue weighted by atomic mass is 10.0. The van der Waals surface area contributed by atoms with Gasteiger partial charge in [-0.2, -0.15) is 0 Å². The Labute approximate surface area is 242 Å². The van der Waals surface area contributed by atoms with Gasteiger partial charge < -0.3 is 10.5 Å². The van der Waals surface area contributed by atoms with E-state index in [9.17, 15) is 21.4 Å². The highest BCUT2D eigenvalue weighted by molar-refractivity contribution is 8.00. The minimum Gasteiger partial charge on any atom is -0.480 e. The van der Waals surface area contributed by atoms with E-state index in [0.29, 0.717) is 44.7 Å². The number of methoxy groups -OCH3 is 1. The zero-order valence-corrected chi connectivity index (χ0v) is 24.2. The topological polar surface area (TPSA) is 124 Å². The van der Waals surface area contributed by atoms with Crippen molar-refractivity contribution in [3.63, 3.8) is 0 Å². The minimum absolute atomic E-state index is 0.0379. The molecule has 5 rings (SSSR count). The van der Waals surface area contributed by atoms with Crippen molar-refractivity contribution < 1.29 is 26.1 Å². The van der Waals surface area contributed by atoms with Gasteiger partial charge in [0.2, 0.25) is 5.88 Å². The van der Waals surface area contributed by atoms with Gasteiger partial charge in [-0.05, 0) is 75.0 Å². The van der Waals surface area contributed by atoms with Crippen LogP contribution < -0.4 is 15.2 Å². The van der Waals surface area contributed by atoms with E-state index in [1.54, 1.807) is 24.3 Å². The van der Waals surface area contributed by atoms with E-state index in [4.69, 9.17) is 10.5 Å². The summed E-state index contributed by atoms with van der Waals surface area (Å²) in [5, 5.41) is 0.752. The second-order valence-corrected chi connectivity index (χ2v) is 13.7. The quantitative estimate of drug-likeness (QED) is 0.216. The van der Waals surface area contributed by atoms with Gasteiger partial charge >= 0.3 is 0 Å². The molecule has 3 aromatic carbocycles. The molecule has 0 bridgehead atoms. The lowest BCUT2D eigenvalue weighted by Gasteiger charge is -2.14. The van der Waals surface area contributed by atoms with Gasteiger partial charge in [0.25, 0.3) is 10.0 Å². The summed E-state index contributed by atoms with van der Waals surface area (Å²) < 4.78 is 73.6. The number of rotatable bonds is 8. The molecule has 0 fully saturated rings. The number of nitrogens with two attached hydrogens (primary N) is 1. The molecule has 216 valence electrons. The Bertz CT molecular complexity index is 2050. The lowest BCUT2D eigenvalue weighted by molar-refractivity contribution is 0.400. The molecular weight excluding hydrogens is 582 g/mol. The first kappa shape index (κ1) is 29.0.